The summed E-state index contributed by atoms with van der Waals surface area (Å²) < 4.78 is 32.7. The van der Waals surface area contributed by atoms with Crippen molar-refractivity contribution in [2.45, 2.75) is 18.2 Å². The monoisotopic (exact) mass is 427 g/mol. The van der Waals surface area contributed by atoms with E-state index in [1.54, 1.807) is 24.3 Å². The Morgan fingerprint density at radius 1 is 1.00 bits per heavy atom. The average Bonchev–Trinajstić information content (AvgIpc) is 2.68. The highest BCUT2D eigenvalue weighted by Crippen LogP contribution is 2.26. The lowest BCUT2D eigenvalue weighted by atomic mass is 10.2. The molecule has 0 bridgehead atoms. The summed E-state index contributed by atoms with van der Waals surface area (Å²) in [7, 11) is -2.32. The number of benzene rings is 2. The second-order valence-electron chi connectivity index (χ2n) is 5.84. The van der Waals surface area contributed by atoms with Gasteiger partial charge in [-0.15, -0.1) is 12.4 Å². The summed E-state index contributed by atoms with van der Waals surface area (Å²) in [5.74, 6) is 0.184. The normalized spacial score (nSPS) is 10.6. The first kappa shape index (κ1) is 23.7. The average molecular weight is 428 g/mol. The Kier molecular flexibility index (Phi) is 9.78. The molecule has 0 saturated carbocycles. The van der Waals surface area contributed by atoms with Gasteiger partial charge in [0, 0.05) is 18.7 Å². The van der Waals surface area contributed by atoms with Gasteiger partial charge < -0.3 is 15.4 Å². The Bertz CT molecular complexity index is 858. The second kappa shape index (κ2) is 11.5. The zero-order valence-electron chi connectivity index (χ0n) is 15.9. The minimum absolute atomic E-state index is 0. The van der Waals surface area contributed by atoms with Crippen molar-refractivity contribution in [1.82, 2.24) is 10.6 Å². The van der Waals surface area contributed by atoms with Crippen LogP contribution in [-0.4, -0.2) is 41.1 Å². The van der Waals surface area contributed by atoms with Gasteiger partial charge in [0.2, 0.25) is 0 Å². The van der Waals surface area contributed by atoms with Crippen LogP contribution in [0.15, 0.2) is 53.4 Å². The van der Waals surface area contributed by atoms with E-state index in [1.165, 1.54) is 31.4 Å². The molecule has 2 rings (SSSR count). The largest absolute Gasteiger partial charge is 0.495 e. The summed E-state index contributed by atoms with van der Waals surface area (Å²) in [6.07, 6.45) is 1.03. The molecule has 0 aliphatic carbocycles. The number of nitrogens with one attached hydrogen (secondary N) is 3. The van der Waals surface area contributed by atoms with E-state index in [0.717, 1.165) is 13.0 Å². The van der Waals surface area contributed by atoms with E-state index in [0.29, 0.717) is 30.1 Å². The summed E-state index contributed by atoms with van der Waals surface area (Å²) in [6.45, 7) is 4.18. The van der Waals surface area contributed by atoms with E-state index in [-0.39, 0.29) is 23.2 Å². The molecule has 0 aliphatic heterocycles. The smallest absolute Gasteiger partial charge is 0.262 e. The zero-order valence-corrected chi connectivity index (χ0v) is 17.5. The molecule has 0 unspecified atom stereocenters. The number of carbonyl (C=O) groups is 1. The highest BCUT2D eigenvalue weighted by molar-refractivity contribution is 7.92. The number of amides is 1. The van der Waals surface area contributed by atoms with E-state index in [4.69, 9.17) is 4.74 Å². The lowest BCUT2D eigenvalue weighted by Crippen LogP contribution is -2.32. The van der Waals surface area contributed by atoms with Crippen LogP contribution in [0.3, 0.4) is 0 Å². The molecule has 28 heavy (non-hydrogen) atoms. The third-order valence-corrected chi connectivity index (χ3v) is 5.17. The van der Waals surface area contributed by atoms with Gasteiger partial charge in [-0.1, -0.05) is 19.1 Å². The first-order chi connectivity index (χ1) is 13.0. The molecule has 0 heterocycles. The maximum Gasteiger partial charge on any atom is 0.262 e. The lowest BCUT2D eigenvalue weighted by Gasteiger charge is -2.12. The Hall–Kier alpha value is -2.29. The zero-order chi connectivity index (χ0) is 19.7. The van der Waals surface area contributed by atoms with Crippen LogP contribution in [0.25, 0.3) is 0 Å². The molecule has 154 valence electrons. The number of rotatable bonds is 10. The molecule has 0 atom stereocenters. The third kappa shape index (κ3) is 6.70. The molecule has 0 fully saturated rings. The summed E-state index contributed by atoms with van der Waals surface area (Å²) in [4.78, 5) is 12.2. The van der Waals surface area contributed by atoms with Gasteiger partial charge >= 0.3 is 0 Å². The highest BCUT2D eigenvalue weighted by Gasteiger charge is 2.17. The van der Waals surface area contributed by atoms with Gasteiger partial charge in [-0.2, -0.15) is 0 Å². The van der Waals surface area contributed by atoms with Gasteiger partial charge in [0.05, 0.1) is 17.7 Å². The van der Waals surface area contributed by atoms with Crippen molar-refractivity contribution in [3.63, 3.8) is 0 Å². The topological polar surface area (TPSA) is 96.5 Å². The van der Waals surface area contributed by atoms with Crippen molar-refractivity contribution in [3.8, 4) is 5.75 Å². The lowest BCUT2D eigenvalue weighted by molar-refractivity contribution is 0.0954. The van der Waals surface area contributed by atoms with Crippen LogP contribution in [0.2, 0.25) is 0 Å². The molecule has 1 amide bonds. The van der Waals surface area contributed by atoms with Gasteiger partial charge in [0.25, 0.3) is 15.9 Å². The standard InChI is InChI=1S/C19H25N3O4S.ClH/c1-3-12-20-13-14-21-19(23)15-8-10-16(11-9-15)27(24,25)22-17-6-4-5-7-18(17)26-2;/h4-11,20,22H,3,12-14H2,1-2H3,(H,21,23);1H. The van der Waals surface area contributed by atoms with Gasteiger partial charge in [0.1, 0.15) is 5.75 Å². The molecular formula is C19H26ClN3O4S. The molecule has 0 spiro atoms. The fourth-order valence-electron chi connectivity index (χ4n) is 2.39. The number of hydrogen-bond acceptors (Lipinski definition) is 5. The molecular weight excluding hydrogens is 402 g/mol. The quantitative estimate of drug-likeness (QED) is 0.506. The van der Waals surface area contributed by atoms with Crippen molar-refractivity contribution < 1.29 is 17.9 Å². The molecule has 2 aromatic carbocycles. The third-order valence-electron chi connectivity index (χ3n) is 3.79. The number of ether oxygens (including phenoxy) is 1. The van der Waals surface area contributed by atoms with Crippen molar-refractivity contribution in [1.29, 1.82) is 0 Å². The summed E-state index contributed by atoms with van der Waals surface area (Å²) in [6, 6.07) is 12.5. The van der Waals surface area contributed by atoms with Gasteiger partial charge in [-0.25, -0.2) is 8.42 Å². The highest BCUT2D eigenvalue weighted by atomic mass is 35.5. The number of halogens is 1. The van der Waals surface area contributed by atoms with E-state index >= 15 is 0 Å². The number of carbonyl (C=O) groups excluding carboxylic acids is 1. The van der Waals surface area contributed by atoms with Crippen LogP contribution >= 0.6 is 12.4 Å². The van der Waals surface area contributed by atoms with E-state index < -0.39 is 10.0 Å². The van der Waals surface area contributed by atoms with Crippen molar-refractivity contribution in [3.05, 3.63) is 54.1 Å². The van der Waals surface area contributed by atoms with E-state index in [9.17, 15) is 13.2 Å². The van der Waals surface area contributed by atoms with Crippen molar-refractivity contribution in [2.75, 3.05) is 31.5 Å². The van der Waals surface area contributed by atoms with Crippen LogP contribution in [-0.2, 0) is 10.0 Å². The van der Waals surface area contributed by atoms with Gasteiger partial charge in [-0.05, 0) is 49.4 Å². The van der Waals surface area contributed by atoms with Crippen LogP contribution < -0.4 is 20.1 Å². The molecule has 7 nitrogen and oxygen atoms in total. The van der Waals surface area contributed by atoms with Crippen LogP contribution in [0.5, 0.6) is 5.75 Å². The molecule has 0 radical (unpaired) electrons. The fourth-order valence-corrected chi connectivity index (χ4v) is 3.46. The summed E-state index contributed by atoms with van der Waals surface area (Å²) >= 11 is 0. The first-order valence-electron chi connectivity index (χ1n) is 8.72. The number of anilines is 1. The minimum atomic E-state index is -3.79. The van der Waals surface area contributed by atoms with Crippen LogP contribution in [0.1, 0.15) is 23.7 Å². The van der Waals surface area contributed by atoms with Gasteiger partial charge in [-0.3, -0.25) is 9.52 Å². The Morgan fingerprint density at radius 2 is 1.68 bits per heavy atom. The summed E-state index contributed by atoms with van der Waals surface area (Å²) in [5.41, 5.74) is 0.753. The van der Waals surface area contributed by atoms with Crippen LogP contribution in [0, 0.1) is 0 Å². The van der Waals surface area contributed by atoms with Crippen molar-refractivity contribution in [2.24, 2.45) is 0 Å². The summed E-state index contributed by atoms with van der Waals surface area (Å²) in [5, 5.41) is 5.98. The molecule has 2 aromatic rings. The van der Waals surface area contributed by atoms with Crippen LogP contribution in [0.4, 0.5) is 5.69 Å². The SMILES string of the molecule is CCCNCCNC(=O)c1ccc(S(=O)(=O)Nc2ccccc2OC)cc1.Cl. The predicted molar refractivity (Wildman–Crippen MR) is 113 cm³/mol. The molecule has 3 N–H and O–H groups in total. The minimum Gasteiger partial charge on any atom is -0.495 e. The van der Waals surface area contributed by atoms with E-state index in [2.05, 4.69) is 22.3 Å². The maximum absolute atomic E-state index is 12.5. The predicted octanol–water partition coefficient (Wildman–Crippen LogP) is 2.65. The number of hydrogen-bond donors (Lipinski definition) is 3. The number of para-hydroxylation sites is 2. The number of methoxy groups -OCH3 is 1. The maximum atomic E-state index is 12.5. The Labute approximate surface area is 172 Å². The molecule has 9 heteroatoms. The number of sulfonamides is 1. The molecule has 0 saturated heterocycles. The fraction of sp³-hybridized carbons (Fsp3) is 0.316. The van der Waals surface area contributed by atoms with Gasteiger partial charge in [0.15, 0.2) is 0 Å². The van der Waals surface area contributed by atoms with Crippen molar-refractivity contribution >= 4 is 34.0 Å². The van der Waals surface area contributed by atoms with E-state index in [1.807, 2.05) is 0 Å². The second-order valence-corrected chi connectivity index (χ2v) is 7.52. The Balaban J connectivity index is 0.00000392. The Morgan fingerprint density at radius 3 is 2.32 bits per heavy atom. The molecule has 0 aromatic heterocycles. The first-order valence-corrected chi connectivity index (χ1v) is 10.2. The molecule has 0 aliphatic rings.